The first kappa shape index (κ1) is 34.1. The molecule has 2 heterocycles. The molecule has 60 heavy (non-hydrogen) atoms. The number of hydrogen-bond acceptors (Lipinski definition) is 3. The molecule has 0 fully saturated rings. The Kier molecular flexibility index (Phi) is 7.85. The maximum Gasteiger partial charge on any atom is 0.160 e. The lowest BCUT2D eigenvalue weighted by molar-refractivity contribution is 1.18. The van der Waals surface area contributed by atoms with Crippen molar-refractivity contribution in [1.29, 1.82) is 0 Å². The van der Waals surface area contributed by atoms with Crippen molar-refractivity contribution in [3.8, 4) is 89.5 Å². The van der Waals surface area contributed by atoms with E-state index >= 15 is 0 Å². The Hall–Kier alpha value is -8.01. The Morgan fingerprint density at radius 1 is 0.283 bits per heavy atom. The third-order valence-electron chi connectivity index (χ3n) is 12.1. The molecular weight excluding hydrogens is 727 g/mol. The molecular formula is C57H35N3. The molecule has 0 saturated carbocycles. The number of fused-ring (bicyclic) bond motifs is 5. The third-order valence-corrected chi connectivity index (χ3v) is 12.1. The van der Waals surface area contributed by atoms with E-state index in [0.29, 0.717) is 5.82 Å². The SMILES string of the molecule is c1ccc(-c2cc(-c3ccc4c5c(cccc35)-c3c-4c(-c4ccccc4)c4ccccc4c3-c3ccccc3)nc(-c3ccc(-c4ccnc5ccccc45)cc3)n2)cc1. The van der Waals surface area contributed by atoms with E-state index in [1.807, 2.05) is 18.3 Å². The summed E-state index contributed by atoms with van der Waals surface area (Å²) in [5, 5.41) is 6.06. The van der Waals surface area contributed by atoms with Gasteiger partial charge in [-0.2, -0.15) is 0 Å². The maximum atomic E-state index is 5.38. The molecule has 0 saturated heterocycles. The van der Waals surface area contributed by atoms with Crippen molar-refractivity contribution in [2.24, 2.45) is 0 Å². The van der Waals surface area contributed by atoms with Gasteiger partial charge in [-0.05, 0) is 95.4 Å². The summed E-state index contributed by atoms with van der Waals surface area (Å²) in [5.74, 6) is 0.688. The second kappa shape index (κ2) is 13.8. The summed E-state index contributed by atoms with van der Waals surface area (Å²) in [6.07, 6.45) is 1.88. The Balaban J connectivity index is 1.08. The largest absolute Gasteiger partial charge is 0.256 e. The van der Waals surface area contributed by atoms with E-state index in [1.54, 1.807) is 0 Å². The second-order valence-corrected chi connectivity index (χ2v) is 15.4. The lowest BCUT2D eigenvalue weighted by atomic mass is 9.82. The lowest BCUT2D eigenvalue weighted by Gasteiger charge is -2.20. The zero-order chi connectivity index (χ0) is 39.6. The molecule has 278 valence electrons. The highest BCUT2D eigenvalue weighted by Gasteiger charge is 2.31. The number of benzene rings is 9. The predicted molar refractivity (Wildman–Crippen MR) is 249 cm³/mol. The maximum absolute atomic E-state index is 5.38. The van der Waals surface area contributed by atoms with E-state index in [4.69, 9.17) is 9.97 Å². The molecule has 0 bridgehead atoms. The van der Waals surface area contributed by atoms with Gasteiger partial charge in [-0.25, -0.2) is 9.97 Å². The van der Waals surface area contributed by atoms with Crippen LogP contribution < -0.4 is 0 Å². The average Bonchev–Trinajstić information content (AvgIpc) is 3.66. The van der Waals surface area contributed by atoms with Crippen molar-refractivity contribution in [2.45, 2.75) is 0 Å². The number of nitrogens with zero attached hydrogens (tertiary/aromatic N) is 3. The van der Waals surface area contributed by atoms with Crippen LogP contribution in [-0.4, -0.2) is 15.0 Å². The first-order valence-corrected chi connectivity index (χ1v) is 20.4. The fourth-order valence-electron chi connectivity index (χ4n) is 9.45. The summed E-state index contributed by atoms with van der Waals surface area (Å²) in [6.45, 7) is 0. The number of para-hydroxylation sites is 1. The summed E-state index contributed by atoms with van der Waals surface area (Å²) in [4.78, 5) is 15.2. The zero-order valence-electron chi connectivity index (χ0n) is 32.5. The fraction of sp³-hybridized carbons (Fsp3) is 0. The van der Waals surface area contributed by atoms with Crippen molar-refractivity contribution >= 4 is 32.4 Å². The molecule has 0 spiro atoms. The van der Waals surface area contributed by atoms with Crippen LogP contribution >= 0.6 is 0 Å². The van der Waals surface area contributed by atoms with E-state index in [9.17, 15) is 0 Å². The summed E-state index contributed by atoms with van der Waals surface area (Å²) in [7, 11) is 0. The minimum Gasteiger partial charge on any atom is -0.256 e. The van der Waals surface area contributed by atoms with Crippen LogP contribution in [-0.2, 0) is 0 Å². The van der Waals surface area contributed by atoms with Crippen LogP contribution in [0.3, 0.4) is 0 Å². The van der Waals surface area contributed by atoms with Crippen molar-refractivity contribution in [3.05, 3.63) is 212 Å². The summed E-state index contributed by atoms with van der Waals surface area (Å²) in [5.41, 5.74) is 18.2. The highest BCUT2D eigenvalue weighted by Crippen LogP contribution is 2.58. The summed E-state index contributed by atoms with van der Waals surface area (Å²) < 4.78 is 0. The van der Waals surface area contributed by atoms with Crippen molar-refractivity contribution in [1.82, 2.24) is 15.0 Å². The molecule has 0 unspecified atom stereocenters. The number of rotatable bonds is 6. The van der Waals surface area contributed by atoms with E-state index < -0.39 is 0 Å². The smallest absolute Gasteiger partial charge is 0.160 e. The molecule has 3 nitrogen and oxygen atoms in total. The second-order valence-electron chi connectivity index (χ2n) is 15.4. The van der Waals surface area contributed by atoms with Crippen molar-refractivity contribution in [2.75, 3.05) is 0 Å². The van der Waals surface area contributed by atoms with Gasteiger partial charge >= 0.3 is 0 Å². The molecule has 0 radical (unpaired) electrons. The lowest BCUT2D eigenvalue weighted by Crippen LogP contribution is -1.96. The van der Waals surface area contributed by atoms with Gasteiger partial charge < -0.3 is 0 Å². The summed E-state index contributed by atoms with van der Waals surface area (Å²) in [6, 6.07) is 73.7. The molecule has 12 rings (SSSR count). The Labute approximate surface area is 348 Å². The van der Waals surface area contributed by atoms with Crippen LogP contribution in [0.1, 0.15) is 0 Å². The highest BCUT2D eigenvalue weighted by atomic mass is 14.9. The minimum absolute atomic E-state index is 0.688. The van der Waals surface area contributed by atoms with Gasteiger partial charge in [-0.15, -0.1) is 0 Å². The molecule has 0 amide bonds. The van der Waals surface area contributed by atoms with Crippen molar-refractivity contribution < 1.29 is 0 Å². The number of aromatic nitrogens is 3. The van der Waals surface area contributed by atoms with E-state index in [-0.39, 0.29) is 0 Å². The van der Waals surface area contributed by atoms with Gasteiger partial charge in [0, 0.05) is 28.3 Å². The predicted octanol–water partition coefficient (Wildman–Crippen LogP) is 15.0. The zero-order valence-corrected chi connectivity index (χ0v) is 32.5. The molecule has 11 aromatic rings. The van der Waals surface area contributed by atoms with Crippen LogP contribution in [0.2, 0.25) is 0 Å². The quantitative estimate of drug-likeness (QED) is 0.169. The normalized spacial score (nSPS) is 11.7. The molecule has 9 aromatic carbocycles. The van der Waals surface area contributed by atoms with Crippen LogP contribution in [0.25, 0.3) is 122 Å². The standard InChI is InChI=1S/C57H35N3/c1-4-15-37(16-5-1)50-35-51(60-57(59-50)40-29-27-36(28-30-40)41-33-34-58-49-26-13-12-21-42(41)49)43-31-32-48-54-44(43)24-14-25-47(54)55-52(38-17-6-2-7-18-38)45-22-10-11-23-46(45)53(56(48)55)39-19-8-3-9-20-39/h1-35H. The Morgan fingerprint density at radius 3 is 1.47 bits per heavy atom. The molecule has 0 N–H and O–H groups in total. The third kappa shape index (κ3) is 5.40. The van der Waals surface area contributed by atoms with Gasteiger partial charge in [0.15, 0.2) is 5.82 Å². The molecule has 0 atom stereocenters. The van der Waals surface area contributed by atoms with E-state index in [0.717, 1.165) is 50.1 Å². The molecule has 1 aliphatic carbocycles. The molecule has 3 heteroatoms. The van der Waals surface area contributed by atoms with Gasteiger partial charge in [0.2, 0.25) is 0 Å². The van der Waals surface area contributed by atoms with Gasteiger partial charge in [-0.1, -0.05) is 188 Å². The van der Waals surface area contributed by atoms with Crippen LogP contribution in [0.15, 0.2) is 212 Å². The molecule has 0 aliphatic heterocycles. The van der Waals surface area contributed by atoms with Crippen LogP contribution in [0.4, 0.5) is 0 Å². The minimum atomic E-state index is 0.688. The van der Waals surface area contributed by atoms with Gasteiger partial charge in [-0.3, -0.25) is 4.98 Å². The van der Waals surface area contributed by atoms with Gasteiger partial charge in [0.1, 0.15) is 0 Å². The van der Waals surface area contributed by atoms with Gasteiger partial charge in [0.25, 0.3) is 0 Å². The molecule has 1 aliphatic rings. The van der Waals surface area contributed by atoms with E-state index in [2.05, 4.69) is 199 Å². The number of pyridine rings is 1. The fourth-order valence-corrected chi connectivity index (χ4v) is 9.45. The van der Waals surface area contributed by atoms with Crippen molar-refractivity contribution in [3.63, 3.8) is 0 Å². The molecule has 2 aromatic heterocycles. The Morgan fingerprint density at radius 2 is 0.800 bits per heavy atom. The summed E-state index contributed by atoms with van der Waals surface area (Å²) >= 11 is 0. The highest BCUT2D eigenvalue weighted by molar-refractivity contribution is 6.28. The van der Waals surface area contributed by atoms with Gasteiger partial charge in [0.05, 0.1) is 16.9 Å². The first-order valence-electron chi connectivity index (χ1n) is 20.4. The topological polar surface area (TPSA) is 38.7 Å². The average molecular weight is 762 g/mol. The first-order chi connectivity index (χ1) is 29.8. The van der Waals surface area contributed by atoms with Crippen LogP contribution in [0.5, 0.6) is 0 Å². The Bertz CT molecular complexity index is 3350. The van der Waals surface area contributed by atoms with Crippen LogP contribution in [0, 0.1) is 0 Å². The monoisotopic (exact) mass is 761 g/mol. The number of hydrogen-bond donors (Lipinski definition) is 0. The van der Waals surface area contributed by atoms with E-state index in [1.165, 1.54) is 66.1 Å².